The third kappa shape index (κ3) is 3.60. The molecule has 0 amide bonds. The highest BCUT2D eigenvalue weighted by atomic mass is 16.5. The lowest BCUT2D eigenvalue weighted by atomic mass is 10.2. The molecule has 4 heteroatoms. The zero-order valence-electron chi connectivity index (χ0n) is 10.7. The van der Waals surface area contributed by atoms with E-state index in [9.17, 15) is 0 Å². The second-order valence-corrected chi connectivity index (χ2v) is 4.14. The van der Waals surface area contributed by atoms with Crippen molar-refractivity contribution >= 4 is 0 Å². The molecule has 1 N–H and O–H groups in total. The molecule has 0 saturated heterocycles. The Balaban J connectivity index is 1.79. The molecule has 4 nitrogen and oxygen atoms in total. The van der Waals surface area contributed by atoms with Crippen molar-refractivity contribution in [3.63, 3.8) is 0 Å². The zero-order chi connectivity index (χ0) is 12.6. The van der Waals surface area contributed by atoms with Gasteiger partial charge in [-0.05, 0) is 19.5 Å². The molecule has 0 aliphatic carbocycles. The van der Waals surface area contributed by atoms with E-state index in [0.717, 1.165) is 31.9 Å². The van der Waals surface area contributed by atoms with Gasteiger partial charge in [0.1, 0.15) is 5.75 Å². The predicted molar refractivity (Wildman–Crippen MR) is 71.5 cm³/mol. The number of ether oxygens (including phenoxy) is 1. The van der Waals surface area contributed by atoms with E-state index in [-0.39, 0.29) is 0 Å². The van der Waals surface area contributed by atoms with Gasteiger partial charge in [-0.1, -0.05) is 18.2 Å². The third-order valence-corrected chi connectivity index (χ3v) is 2.72. The number of hydrogen-bond acceptors (Lipinski definition) is 3. The average Bonchev–Trinajstić information content (AvgIpc) is 2.90. The number of aromatic nitrogens is 2. The molecule has 0 atom stereocenters. The van der Waals surface area contributed by atoms with Gasteiger partial charge in [-0.2, -0.15) is 0 Å². The summed E-state index contributed by atoms with van der Waals surface area (Å²) in [5.74, 6) is 0.970. The molecule has 0 spiro atoms. The SMILES string of the molecule is CNCc1ccccc1OCCCn1ccnc1. The van der Waals surface area contributed by atoms with E-state index >= 15 is 0 Å². The van der Waals surface area contributed by atoms with Crippen LogP contribution in [-0.4, -0.2) is 23.2 Å². The number of aryl methyl sites for hydroxylation is 1. The van der Waals surface area contributed by atoms with E-state index in [1.807, 2.05) is 37.8 Å². The Hall–Kier alpha value is -1.81. The van der Waals surface area contributed by atoms with Crippen molar-refractivity contribution in [3.05, 3.63) is 48.5 Å². The molecular weight excluding hydrogens is 226 g/mol. The zero-order valence-corrected chi connectivity index (χ0v) is 10.7. The Kier molecular flexibility index (Phi) is 4.78. The number of benzene rings is 1. The molecule has 1 heterocycles. The number of nitrogens with zero attached hydrogens (tertiary/aromatic N) is 2. The molecule has 0 unspecified atom stereocenters. The quantitative estimate of drug-likeness (QED) is 0.759. The van der Waals surface area contributed by atoms with Crippen LogP contribution in [0.4, 0.5) is 0 Å². The topological polar surface area (TPSA) is 39.1 Å². The van der Waals surface area contributed by atoms with Crippen LogP contribution in [0.15, 0.2) is 43.0 Å². The molecule has 0 aliphatic rings. The molecule has 1 aromatic carbocycles. The van der Waals surface area contributed by atoms with Gasteiger partial charge in [-0.25, -0.2) is 4.98 Å². The standard InChI is InChI=1S/C14H19N3O/c1-15-11-13-5-2-3-6-14(13)18-10-4-8-17-9-7-16-12-17/h2-3,5-7,9,12,15H,4,8,10-11H2,1H3. The Bertz CT molecular complexity index is 454. The maximum absolute atomic E-state index is 5.81. The summed E-state index contributed by atoms with van der Waals surface area (Å²) in [5.41, 5.74) is 1.20. The second-order valence-electron chi connectivity index (χ2n) is 4.14. The summed E-state index contributed by atoms with van der Waals surface area (Å²) in [6.07, 6.45) is 6.57. The molecule has 1 aromatic heterocycles. The summed E-state index contributed by atoms with van der Waals surface area (Å²) in [4.78, 5) is 4.01. The average molecular weight is 245 g/mol. The van der Waals surface area contributed by atoms with Crippen molar-refractivity contribution < 1.29 is 4.74 Å². The summed E-state index contributed by atoms with van der Waals surface area (Å²) >= 11 is 0. The summed E-state index contributed by atoms with van der Waals surface area (Å²) in [7, 11) is 1.94. The van der Waals surface area contributed by atoms with Crippen molar-refractivity contribution in [2.24, 2.45) is 0 Å². The smallest absolute Gasteiger partial charge is 0.123 e. The van der Waals surface area contributed by atoms with Crippen LogP contribution in [0.25, 0.3) is 0 Å². The maximum Gasteiger partial charge on any atom is 0.123 e. The Morgan fingerprint density at radius 2 is 2.22 bits per heavy atom. The first-order chi connectivity index (χ1) is 8.90. The summed E-state index contributed by atoms with van der Waals surface area (Å²) < 4.78 is 7.87. The van der Waals surface area contributed by atoms with Gasteiger partial charge in [-0.15, -0.1) is 0 Å². The van der Waals surface area contributed by atoms with Gasteiger partial charge in [0.15, 0.2) is 0 Å². The highest BCUT2D eigenvalue weighted by Crippen LogP contribution is 2.17. The Morgan fingerprint density at radius 3 is 3.00 bits per heavy atom. The fourth-order valence-corrected chi connectivity index (χ4v) is 1.83. The number of nitrogens with one attached hydrogen (secondary N) is 1. The van der Waals surface area contributed by atoms with E-state index in [0.29, 0.717) is 0 Å². The summed E-state index contributed by atoms with van der Waals surface area (Å²) in [6, 6.07) is 8.14. The first-order valence-electron chi connectivity index (χ1n) is 6.21. The van der Waals surface area contributed by atoms with Gasteiger partial charge >= 0.3 is 0 Å². The molecule has 0 bridgehead atoms. The number of para-hydroxylation sites is 1. The highest BCUT2D eigenvalue weighted by molar-refractivity contribution is 5.33. The summed E-state index contributed by atoms with van der Waals surface area (Å²) in [5, 5.41) is 3.14. The van der Waals surface area contributed by atoms with E-state index < -0.39 is 0 Å². The van der Waals surface area contributed by atoms with Crippen molar-refractivity contribution in [2.45, 2.75) is 19.5 Å². The molecule has 2 aromatic rings. The van der Waals surface area contributed by atoms with Crippen LogP contribution >= 0.6 is 0 Å². The number of rotatable bonds is 7. The first-order valence-corrected chi connectivity index (χ1v) is 6.21. The van der Waals surface area contributed by atoms with Crippen LogP contribution in [0.5, 0.6) is 5.75 Å². The highest BCUT2D eigenvalue weighted by Gasteiger charge is 2.01. The lowest BCUT2D eigenvalue weighted by Gasteiger charge is -2.11. The molecule has 96 valence electrons. The third-order valence-electron chi connectivity index (χ3n) is 2.72. The van der Waals surface area contributed by atoms with Crippen molar-refractivity contribution in [3.8, 4) is 5.75 Å². The van der Waals surface area contributed by atoms with Gasteiger partial charge in [0.05, 0.1) is 12.9 Å². The molecule has 0 saturated carbocycles. The fourth-order valence-electron chi connectivity index (χ4n) is 1.83. The second kappa shape index (κ2) is 6.81. The van der Waals surface area contributed by atoms with Gasteiger partial charge < -0.3 is 14.6 Å². The largest absolute Gasteiger partial charge is 0.493 e. The normalized spacial score (nSPS) is 10.5. The molecule has 0 aliphatic heterocycles. The number of hydrogen-bond donors (Lipinski definition) is 1. The van der Waals surface area contributed by atoms with Crippen LogP contribution < -0.4 is 10.1 Å². The van der Waals surface area contributed by atoms with Crippen LogP contribution in [0.3, 0.4) is 0 Å². The minimum Gasteiger partial charge on any atom is -0.493 e. The maximum atomic E-state index is 5.81. The minimum atomic E-state index is 0.721. The lowest BCUT2D eigenvalue weighted by Crippen LogP contribution is -2.09. The van der Waals surface area contributed by atoms with Gasteiger partial charge in [0.2, 0.25) is 0 Å². The van der Waals surface area contributed by atoms with Crippen LogP contribution in [0.1, 0.15) is 12.0 Å². The first kappa shape index (κ1) is 12.6. The lowest BCUT2D eigenvalue weighted by molar-refractivity contribution is 0.298. The van der Waals surface area contributed by atoms with Crippen LogP contribution in [-0.2, 0) is 13.1 Å². The molecular formula is C14H19N3O. The monoisotopic (exact) mass is 245 g/mol. The van der Waals surface area contributed by atoms with E-state index in [1.165, 1.54) is 5.56 Å². The van der Waals surface area contributed by atoms with Gasteiger partial charge in [0.25, 0.3) is 0 Å². The Morgan fingerprint density at radius 1 is 1.33 bits per heavy atom. The van der Waals surface area contributed by atoms with Crippen molar-refractivity contribution in [1.82, 2.24) is 14.9 Å². The Labute approximate surface area is 108 Å². The molecule has 0 fully saturated rings. The van der Waals surface area contributed by atoms with E-state index in [1.54, 1.807) is 6.20 Å². The number of imidazole rings is 1. The van der Waals surface area contributed by atoms with Crippen molar-refractivity contribution in [1.29, 1.82) is 0 Å². The fraction of sp³-hybridized carbons (Fsp3) is 0.357. The van der Waals surface area contributed by atoms with E-state index in [2.05, 4.69) is 20.9 Å². The van der Waals surface area contributed by atoms with E-state index in [4.69, 9.17) is 4.74 Å². The summed E-state index contributed by atoms with van der Waals surface area (Å²) in [6.45, 7) is 2.49. The molecule has 2 rings (SSSR count). The minimum absolute atomic E-state index is 0.721. The molecule has 0 radical (unpaired) electrons. The van der Waals surface area contributed by atoms with Crippen LogP contribution in [0.2, 0.25) is 0 Å². The molecule has 18 heavy (non-hydrogen) atoms. The van der Waals surface area contributed by atoms with Gasteiger partial charge in [0, 0.05) is 31.0 Å². The van der Waals surface area contributed by atoms with Crippen LogP contribution in [0, 0.1) is 0 Å². The van der Waals surface area contributed by atoms with Crippen molar-refractivity contribution in [2.75, 3.05) is 13.7 Å². The van der Waals surface area contributed by atoms with Gasteiger partial charge in [-0.3, -0.25) is 0 Å². The predicted octanol–water partition coefficient (Wildman–Crippen LogP) is 2.07.